The monoisotopic (exact) mass is 395 g/mol. The third-order valence-electron chi connectivity index (χ3n) is 4.78. The van der Waals surface area contributed by atoms with Gasteiger partial charge in [-0.25, -0.2) is 0 Å². The molecule has 0 saturated carbocycles. The molecule has 2 N–H and O–H groups in total. The van der Waals surface area contributed by atoms with Crippen molar-refractivity contribution in [2.24, 2.45) is 5.92 Å². The van der Waals surface area contributed by atoms with Gasteiger partial charge < -0.3 is 10.6 Å². The van der Waals surface area contributed by atoms with E-state index in [4.69, 9.17) is 5.26 Å². The molecule has 0 aliphatic heterocycles. The maximum atomic E-state index is 12.3. The summed E-state index contributed by atoms with van der Waals surface area (Å²) in [6, 6.07) is 9.61. The number of nitriles is 1. The second-order valence-electron chi connectivity index (χ2n) is 7.40. The predicted octanol–water partition coefficient (Wildman–Crippen LogP) is 3.26. The van der Waals surface area contributed by atoms with Gasteiger partial charge in [-0.3, -0.25) is 14.3 Å². The van der Waals surface area contributed by atoms with E-state index in [0.717, 1.165) is 28.2 Å². The summed E-state index contributed by atoms with van der Waals surface area (Å²) in [5.41, 5.74) is 4.64. The van der Waals surface area contributed by atoms with Crippen molar-refractivity contribution in [2.75, 3.05) is 5.32 Å². The summed E-state index contributed by atoms with van der Waals surface area (Å²) in [4.78, 5) is 24.1. The highest BCUT2D eigenvalue weighted by atomic mass is 16.2. The molecule has 2 amide bonds. The summed E-state index contributed by atoms with van der Waals surface area (Å²) in [6.45, 7) is 8.57. The molecule has 0 radical (unpaired) electrons. The van der Waals surface area contributed by atoms with Crippen molar-refractivity contribution < 1.29 is 9.59 Å². The average Bonchev–Trinajstić information content (AvgIpc) is 2.96. The average molecular weight is 396 g/mol. The van der Waals surface area contributed by atoms with Crippen molar-refractivity contribution in [1.82, 2.24) is 15.1 Å². The lowest BCUT2D eigenvalue weighted by Crippen LogP contribution is -2.23. The number of carbonyl (C=O) groups excluding carboxylic acids is 2. The number of nitrogens with zero attached hydrogens (tertiary/aromatic N) is 3. The zero-order valence-electron chi connectivity index (χ0n) is 17.6. The van der Waals surface area contributed by atoms with Crippen LogP contribution in [0.3, 0.4) is 0 Å². The zero-order chi connectivity index (χ0) is 21.4. The minimum atomic E-state index is -0.0884. The fourth-order valence-electron chi connectivity index (χ4n) is 3.04. The highest BCUT2D eigenvalue weighted by molar-refractivity contribution is 5.92. The lowest BCUT2D eigenvalue weighted by atomic mass is 10.1. The summed E-state index contributed by atoms with van der Waals surface area (Å²) >= 11 is 0. The summed E-state index contributed by atoms with van der Waals surface area (Å²) in [5, 5.41) is 19.0. The van der Waals surface area contributed by atoms with Gasteiger partial charge in [0.25, 0.3) is 0 Å². The lowest BCUT2D eigenvalue weighted by Gasteiger charge is -2.10. The number of aromatic nitrogens is 2. The number of rotatable bonds is 9. The number of anilines is 1. The van der Waals surface area contributed by atoms with Gasteiger partial charge in [-0.2, -0.15) is 10.4 Å². The Bertz CT molecular complexity index is 908. The minimum Gasteiger partial charge on any atom is -0.352 e. The van der Waals surface area contributed by atoms with Crippen molar-refractivity contribution >= 4 is 17.5 Å². The van der Waals surface area contributed by atoms with E-state index in [-0.39, 0.29) is 17.7 Å². The molecule has 29 heavy (non-hydrogen) atoms. The molecule has 7 nitrogen and oxygen atoms in total. The highest BCUT2D eigenvalue weighted by Gasteiger charge is 2.13. The van der Waals surface area contributed by atoms with Crippen molar-refractivity contribution in [3.8, 4) is 6.07 Å². The van der Waals surface area contributed by atoms with Crippen LogP contribution in [-0.4, -0.2) is 21.6 Å². The maximum absolute atomic E-state index is 12.3. The van der Waals surface area contributed by atoms with Gasteiger partial charge in [0.2, 0.25) is 11.8 Å². The standard InChI is InChI=1S/C22H29N5O2/c1-15(2)22(29)25-19-8-5-7-18(13-19)14-24-21(28)10-9-20-16(3)26-27(17(20)4)12-6-11-23/h5,7-8,13,15H,6,9-10,12,14H2,1-4H3,(H,24,28)(H,25,29). The smallest absolute Gasteiger partial charge is 0.226 e. The summed E-state index contributed by atoms with van der Waals surface area (Å²) in [5.74, 6) is -0.160. The molecule has 154 valence electrons. The van der Waals surface area contributed by atoms with Crippen molar-refractivity contribution in [3.63, 3.8) is 0 Å². The Morgan fingerprint density at radius 2 is 2.03 bits per heavy atom. The molecule has 0 bridgehead atoms. The molecule has 0 saturated heterocycles. The van der Waals surface area contributed by atoms with Gasteiger partial charge in [0.05, 0.1) is 24.7 Å². The van der Waals surface area contributed by atoms with E-state index in [1.165, 1.54) is 0 Å². The number of hydrogen-bond donors (Lipinski definition) is 2. The van der Waals surface area contributed by atoms with Crippen LogP contribution in [0.15, 0.2) is 24.3 Å². The fraction of sp³-hybridized carbons (Fsp3) is 0.455. The van der Waals surface area contributed by atoms with Crippen LogP contribution in [0, 0.1) is 31.1 Å². The molecular formula is C22H29N5O2. The first-order chi connectivity index (χ1) is 13.8. The normalized spacial score (nSPS) is 10.6. The Morgan fingerprint density at radius 1 is 1.28 bits per heavy atom. The van der Waals surface area contributed by atoms with Gasteiger partial charge in [-0.15, -0.1) is 0 Å². The van der Waals surface area contributed by atoms with E-state index in [0.29, 0.717) is 32.4 Å². The van der Waals surface area contributed by atoms with Crippen LogP contribution in [-0.2, 0) is 29.1 Å². The minimum absolute atomic E-state index is 0.0350. The van der Waals surface area contributed by atoms with E-state index >= 15 is 0 Å². The largest absolute Gasteiger partial charge is 0.352 e. The van der Waals surface area contributed by atoms with Crippen LogP contribution in [0.5, 0.6) is 0 Å². The zero-order valence-corrected chi connectivity index (χ0v) is 17.6. The number of hydrogen-bond acceptors (Lipinski definition) is 4. The van der Waals surface area contributed by atoms with Crippen LogP contribution in [0.1, 0.15) is 49.2 Å². The van der Waals surface area contributed by atoms with Crippen LogP contribution < -0.4 is 10.6 Å². The van der Waals surface area contributed by atoms with E-state index in [1.54, 1.807) is 0 Å². The molecule has 2 rings (SSSR count). The number of carbonyl (C=O) groups is 2. The molecule has 0 aliphatic rings. The summed E-state index contributed by atoms with van der Waals surface area (Å²) in [7, 11) is 0. The van der Waals surface area contributed by atoms with E-state index in [9.17, 15) is 9.59 Å². The Hall–Kier alpha value is -3.14. The van der Waals surface area contributed by atoms with Gasteiger partial charge in [-0.05, 0) is 43.5 Å². The van der Waals surface area contributed by atoms with Crippen LogP contribution in [0.4, 0.5) is 5.69 Å². The maximum Gasteiger partial charge on any atom is 0.226 e. The van der Waals surface area contributed by atoms with Crippen LogP contribution >= 0.6 is 0 Å². The first-order valence-electron chi connectivity index (χ1n) is 9.88. The highest BCUT2D eigenvalue weighted by Crippen LogP contribution is 2.16. The molecule has 0 unspecified atom stereocenters. The lowest BCUT2D eigenvalue weighted by molar-refractivity contribution is -0.121. The molecule has 2 aromatic rings. The summed E-state index contributed by atoms with van der Waals surface area (Å²) < 4.78 is 1.84. The van der Waals surface area contributed by atoms with E-state index < -0.39 is 0 Å². The Balaban J connectivity index is 1.87. The number of benzene rings is 1. The fourth-order valence-corrected chi connectivity index (χ4v) is 3.04. The van der Waals surface area contributed by atoms with Crippen molar-refractivity contribution in [3.05, 3.63) is 46.8 Å². The second-order valence-corrected chi connectivity index (χ2v) is 7.40. The Kier molecular flexibility index (Phi) is 7.96. The predicted molar refractivity (Wildman–Crippen MR) is 112 cm³/mol. The van der Waals surface area contributed by atoms with Gasteiger partial charge in [0, 0.05) is 30.3 Å². The SMILES string of the molecule is Cc1nn(CCC#N)c(C)c1CCC(=O)NCc1cccc(NC(=O)C(C)C)c1. The van der Waals surface area contributed by atoms with Gasteiger partial charge >= 0.3 is 0 Å². The van der Waals surface area contributed by atoms with E-state index in [2.05, 4.69) is 21.8 Å². The third kappa shape index (κ3) is 6.46. The molecule has 0 atom stereocenters. The number of nitrogens with one attached hydrogen (secondary N) is 2. The molecule has 1 aromatic heterocycles. The molecule has 0 spiro atoms. The number of amides is 2. The first-order valence-corrected chi connectivity index (χ1v) is 9.88. The quantitative estimate of drug-likeness (QED) is 0.681. The topological polar surface area (TPSA) is 99.8 Å². The first kappa shape index (κ1) is 22.2. The van der Waals surface area contributed by atoms with Crippen molar-refractivity contribution in [1.29, 1.82) is 5.26 Å². The third-order valence-corrected chi connectivity index (χ3v) is 4.78. The van der Waals surface area contributed by atoms with Crippen molar-refractivity contribution in [2.45, 2.75) is 60.0 Å². The van der Waals surface area contributed by atoms with Gasteiger partial charge in [0.1, 0.15) is 0 Å². The van der Waals surface area contributed by atoms with Crippen LogP contribution in [0.25, 0.3) is 0 Å². The Labute approximate surface area is 172 Å². The molecule has 1 heterocycles. The number of aryl methyl sites for hydroxylation is 2. The van der Waals surface area contributed by atoms with E-state index in [1.807, 2.05) is 56.6 Å². The van der Waals surface area contributed by atoms with Crippen LogP contribution in [0.2, 0.25) is 0 Å². The molecule has 0 aliphatic carbocycles. The summed E-state index contributed by atoms with van der Waals surface area (Å²) in [6.07, 6.45) is 1.40. The molecule has 7 heteroatoms. The van der Waals surface area contributed by atoms with Gasteiger partial charge in [0.15, 0.2) is 0 Å². The molecular weight excluding hydrogens is 366 g/mol. The van der Waals surface area contributed by atoms with Gasteiger partial charge in [-0.1, -0.05) is 26.0 Å². The molecule has 1 aromatic carbocycles. The molecule has 0 fully saturated rings. The second kappa shape index (κ2) is 10.4. The Morgan fingerprint density at radius 3 is 2.72 bits per heavy atom.